The van der Waals surface area contributed by atoms with Crippen molar-refractivity contribution in [2.75, 3.05) is 0 Å². The average Bonchev–Trinajstić information content (AvgIpc) is 2.80. The molecule has 1 aromatic carbocycles. The van der Waals surface area contributed by atoms with Gasteiger partial charge in [-0.3, -0.25) is 0 Å². The maximum atomic E-state index is 13.3. The van der Waals surface area contributed by atoms with E-state index < -0.39 is 11.9 Å². The molecule has 0 aliphatic rings. The van der Waals surface area contributed by atoms with Crippen LogP contribution in [0.2, 0.25) is 5.02 Å². The molecular formula is C12H12ClFN2O. The van der Waals surface area contributed by atoms with E-state index in [-0.39, 0.29) is 5.02 Å². The highest BCUT2D eigenvalue weighted by Gasteiger charge is 2.19. The highest BCUT2D eigenvalue weighted by atomic mass is 35.5. The summed E-state index contributed by atoms with van der Waals surface area (Å²) >= 11 is 5.83. The molecule has 0 radical (unpaired) electrons. The molecule has 1 aromatic heterocycles. The van der Waals surface area contributed by atoms with Crippen molar-refractivity contribution in [2.24, 2.45) is 0 Å². The van der Waals surface area contributed by atoms with Gasteiger partial charge in [0.2, 0.25) is 0 Å². The van der Waals surface area contributed by atoms with Crippen molar-refractivity contribution in [1.82, 2.24) is 9.55 Å². The molecule has 0 saturated carbocycles. The van der Waals surface area contributed by atoms with Gasteiger partial charge >= 0.3 is 0 Å². The number of halogens is 2. The third-order valence-electron chi connectivity index (χ3n) is 2.61. The summed E-state index contributed by atoms with van der Waals surface area (Å²) < 4.78 is 15.1. The zero-order valence-corrected chi connectivity index (χ0v) is 10.0. The lowest BCUT2D eigenvalue weighted by atomic mass is 10.1. The lowest BCUT2D eigenvalue weighted by molar-refractivity contribution is 0.204. The van der Waals surface area contributed by atoms with Gasteiger partial charge in [-0.15, -0.1) is 0 Å². The maximum Gasteiger partial charge on any atom is 0.142 e. The third-order valence-corrected chi connectivity index (χ3v) is 3.01. The molecule has 0 aliphatic carbocycles. The molecular weight excluding hydrogens is 243 g/mol. The Morgan fingerprint density at radius 1 is 1.53 bits per heavy atom. The molecule has 0 saturated heterocycles. The molecule has 0 aliphatic heterocycles. The minimum atomic E-state index is -1.02. The largest absolute Gasteiger partial charge is 0.380 e. The average molecular weight is 255 g/mol. The molecule has 1 unspecified atom stereocenters. The quantitative estimate of drug-likeness (QED) is 0.915. The van der Waals surface area contributed by atoms with Crippen molar-refractivity contribution in [3.63, 3.8) is 0 Å². The van der Waals surface area contributed by atoms with E-state index in [4.69, 9.17) is 11.6 Å². The maximum absolute atomic E-state index is 13.3. The van der Waals surface area contributed by atoms with Gasteiger partial charge in [-0.1, -0.05) is 23.7 Å². The van der Waals surface area contributed by atoms with Crippen LogP contribution in [0.3, 0.4) is 0 Å². The normalized spacial score (nSPS) is 12.7. The third kappa shape index (κ3) is 2.18. The second-order valence-electron chi connectivity index (χ2n) is 3.62. The first-order valence-corrected chi connectivity index (χ1v) is 5.66. The Hall–Kier alpha value is -1.39. The summed E-state index contributed by atoms with van der Waals surface area (Å²) in [4.78, 5) is 4.07. The van der Waals surface area contributed by atoms with Crippen molar-refractivity contribution in [3.05, 3.63) is 52.8 Å². The molecule has 1 atom stereocenters. The highest BCUT2D eigenvalue weighted by Crippen LogP contribution is 2.29. The number of rotatable bonds is 3. The molecule has 0 bridgehead atoms. The molecule has 0 fully saturated rings. The van der Waals surface area contributed by atoms with Crippen LogP contribution in [0, 0.1) is 5.82 Å². The summed E-state index contributed by atoms with van der Waals surface area (Å²) in [5.41, 5.74) is 0.326. The van der Waals surface area contributed by atoms with Crippen molar-refractivity contribution in [1.29, 1.82) is 0 Å². The van der Waals surface area contributed by atoms with E-state index in [1.165, 1.54) is 12.1 Å². The van der Waals surface area contributed by atoms with Crippen LogP contribution in [0.4, 0.5) is 4.39 Å². The lowest BCUT2D eigenvalue weighted by Gasteiger charge is -2.14. The Balaban J connectivity index is 2.44. The zero-order valence-electron chi connectivity index (χ0n) is 9.27. The molecule has 1 N–H and O–H groups in total. The van der Waals surface area contributed by atoms with Gasteiger partial charge in [-0.05, 0) is 13.0 Å². The predicted octanol–water partition coefficient (Wildman–Crippen LogP) is 2.78. The van der Waals surface area contributed by atoms with E-state index in [0.29, 0.717) is 17.9 Å². The number of aliphatic hydroxyl groups is 1. The van der Waals surface area contributed by atoms with Gasteiger partial charge in [0.05, 0.1) is 5.02 Å². The second-order valence-corrected chi connectivity index (χ2v) is 4.00. The molecule has 17 heavy (non-hydrogen) atoms. The molecule has 2 rings (SSSR count). The van der Waals surface area contributed by atoms with Crippen molar-refractivity contribution in [3.8, 4) is 0 Å². The number of benzene rings is 1. The van der Waals surface area contributed by atoms with Crippen molar-refractivity contribution < 1.29 is 9.50 Å². The molecule has 3 nitrogen and oxygen atoms in total. The standard InChI is InChI=1S/C12H12ClFN2O/c1-2-16-7-6-15-12(16)11(17)8-4-3-5-9(14)10(8)13/h3-7,11,17H,2H2,1H3. The highest BCUT2D eigenvalue weighted by molar-refractivity contribution is 6.31. The minimum absolute atomic E-state index is 0.0642. The van der Waals surface area contributed by atoms with Crippen molar-refractivity contribution >= 4 is 11.6 Å². The number of hydrogen-bond donors (Lipinski definition) is 1. The topological polar surface area (TPSA) is 38.0 Å². The number of imidazole rings is 1. The SMILES string of the molecule is CCn1ccnc1C(O)c1cccc(F)c1Cl. The van der Waals surface area contributed by atoms with Gasteiger partial charge in [0.25, 0.3) is 0 Å². The van der Waals surface area contributed by atoms with E-state index in [1.54, 1.807) is 23.0 Å². The van der Waals surface area contributed by atoms with Gasteiger partial charge in [0, 0.05) is 24.5 Å². The monoisotopic (exact) mass is 254 g/mol. The summed E-state index contributed by atoms with van der Waals surface area (Å²) in [5, 5.41) is 10.1. The summed E-state index contributed by atoms with van der Waals surface area (Å²) in [6, 6.07) is 4.36. The fraction of sp³-hybridized carbons (Fsp3) is 0.250. The fourth-order valence-electron chi connectivity index (χ4n) is 1.71. The first-order valence-electron chi connectivity index (χ1n) is 5.28. The van der Waals surface area contributed by atoms with Gasteiger partial charge in [-0.25, -0.2) is 9.37 Å². The van der Waals surface area contributed by atoms with Crippen LogP contribution in [-0.2, 0) is 6.54 Å². The molecule has 0 spiro atoms. The summed E-state index contributed by atoms with van der Waals surface area (Å²) in [6.07, 6.45) is 2.33. The summed E-state index contributed by atoms with van der Waals surface area (Å²) in [6.45, 7) is 2.62. The van der Waals surface area contributed by atoms with E-state index in [0.717, 1.165) is 0 Å². The molecule has 1 heterocycles. The van der Waals surface area contributed by atoms with Crippen LogP contribution in [0.5, 0.6) is 0 Å². The van der Waals surface area contributed by atoms with E-state index in [2.05, 4.69) is 4.98 Å². The van der Waals surface area contributed by atoms with E-state index in [9.17, 15) is 9.50 Å². The Bertz CT molecular complexity index is 527. The number of aromatic nitrogens is 2. The molecule has 90 valence electrons. The van der Waals surface area contributed by atoms with Gasteiger partial charge in [0.15, 0.2) is 0 Å². The Morgan fingerprint density at radius 2 is 2.29 bits per heavy atom. The van der Waals surface area contributed by atoms with Crippen LogP contribution in [0.25, 0.3) is 0 Å². The first kappa shape index (κ1) is 12.1. The van der Waals surface area contributed by atoms with Gasteiger partial charge < -0.3 is 9.67 Å². The lowest BCUT2D eigenvalue weighted by Crippen LogP contribution is -2.09. The Morgan fingerprint density at radius 3 is 3.00 bits per heavy atom. The van der Waals surface area contributed by atoms with Crippen molar-refractivity contribution in [2.45, 2.75) is 19.6 Å². The van der Waals surface area contributed by atoms with Crippen LogP contribution in [-0.4, -0.2) is 14.7 Å². The Labute approximate surface area is 103 Å². The minimum Gasteiger partial charge on any atom is -0.380 e. The Kier molecular flexibility index (Phi) is 3.45. The number of aliphatic hydroxyl groups excluding tert-OH is 1. The van der Waals surface area contributed by atoms with Crippen LogP contribution < -0.4 is 0 Å². The predicted molar refractivity (Wildman–Crippen MR) is 63.4 cm³/mol. The zero-order chi connectivity index (χ0) is 12.4. The smallest absolute Gasteiger partial charge is 0.142 e. The summed E-state index contributed by atoms with van der Waals surface area (Å²) in [5.74, 6) is -0.0854. The second kappa shape index (κ2) is 4.85. The van der Waals surface area contributed by atoms with Crippen LogP contribution in [0.1, 0.15) is 24.4 Å². The number of nitrogens with zero attached hydrogens (tertiary/aromatic N) is 2. The molecule has 5 heteroatoms. The molecule has 0 amide bonds. The number of aryl methyl sites for hydroxylation is 1. The van der Waals surface area contributed by atoms with Gasteiger partial charge in [-0.2, -0.15) is 0 Å². The first-order chi connectivity index (χ1) is 8.15. The van der Waals surface area contributed by atoms with Gasteiger partial charge in [0.1, 0.15) is 17.7 Å². The fourth-order valence-corrected chi connectivity index (χ4v) is 1.94. The van der Waals surface area contributed by atoms with Crippen LogP contribution >= 0.6 is 11.6 Å². The number of hydrogen-bond acceptors (Lipinski definition) is 2. The summed E-state index contributed by atoms with van der Waals surface area (Å²) in [7, 11) is 0. The van der Waals surface area contributed by atoms with E-state index >= 15 is 0 Å². The van der Waals surface area contributed by atoms with E-state index in [1.807, 2.05) is 6.92 Å². The molecule has 2 aromatic rings. The van der Waals surface area contributed by atoms with Crippen LogP contribution in [0.15, 0.2) is 30.6 Å².